The van der Waals surface area contributed by atoms with Gasteiger partial charge in [0.2, 0.25) is 0 Å². The van der Waals surface area contributed by atoms with Gasteiger partial charge in [0.05, 0.1) is 11.2 Å². The third-order valence-corrected chi connectivity index (χ3v) is 4.51. The van der Waals surface area contributed by atoms with E-state index in [0.717, 1.165) is 0 Å². The Morgan fingerprint density at radius 3 is 2.38 bits per heavy atom. The highest BCUT2D eigenvalue weighted by atomic mass is 32.2. The van der Waals surface area contributed by atoms with Crippen LogP contribution in [0, 0.1) is 0 Å². The Hall–Kier alpha value is -2.97. The van der Waals surface area contributed by atoms with Crippen molar-refractivity contribution in [2.75, 3.05) is 0 Å². The molecule has 0 amide bonds. The van der Waals surface area contributed by atoms with Gasteiger partial charge in [-0.25, -0.2) is 10.1 Å². The number of hydrogen-bond acceptors (Lipinski definition) is 4. The molecule has 2 aromatic carbocycles. The van der Waals surface area contributed by atoms with Crippen LogP contribution in [0.25, 0.3) is 33.4 Å². The van der Waals surface area contributed by atoms with E-state index in [-0.39, 0.29) is 11.4 Å². The van der Waals surface area contributed by atoms with Crippen LogP contribution in [0.15, 0.2) is 59.4 Å². The van der Waals surface area contributed by atoms with Crippen LogP contribution in [-0.2, 0) is 10.3 Å². The first-order valence-corrected chi connectivity index (χ1v) is 8.43. The third kappa shape index (κ3) is 2.12. The standard InChI is InChI=1S/C16H11N3O4S/c20-16-14-13(11-8-4-5-9-12(11)17-14)15(10-6-2-1-3-7-10)19(18-16)24(21,22)23/h1-9H,(H,18,20)(H,21,22,23). The van der Waals surface area contributed by atoms with Gasteiger partial charge in [-0.05, 0) is 6.07 Å². The lowest BCUT2D eigenvalue weighted by atomic mass is 10.0. The first-order valence-electron chi connectivity index (χ1n) is 7.04. The first-order chi connectivity index (χ1) is 11.5. The lowest BCUT2D eigenvalue weighted by Crippen LogP contribution is -2.26. The van der Waals surface area contributed by atoms with Gasteiger partial charge in [-0.2, -0.15) is 12.5 Å². The van der Waals surface area contributed by atoms with Crippen molar-refractivity contribution >= 4 is 21.2 Å². The van der Waals surface area contributed by atoms with E-state index in [9.17, 15) is 17.8 Å². The number of benzene rings is 2. The molecule has 2 heterocycles. The van der Waals surface area contributed by atoms with Crippen molar-refractivity contribution in [1.82, 2.24) is 14.2 Å². The van der Waals surface area contributed by atoms with Crippen molar-refractivity contribution in [3.8, 4) is 22.5 Å². The van der Waals surface area contributed by atoms with Crippen molar-refractivity contribution in [1.29, 1.82) is 0 Å². The highest BCUT2D eigenvalue weighted by Crippen LogP contribution is 2.37. The summed E-state index contributed by atoms with van der Waals surface area (Å²) < 4.78 is 33.7. The van der Waals surface area contributed by atoms with Gasteiger partial charge < -0.3 is 0 Å². The summed E-state index contributed by atoms with van der Waals surface area (Å²) in [5.74, 6) is 0. The van der Waals surface area contributed by atoms with Gasteiger partial charge >= 0.3 is 10.3 Å². The molecule has 0 unspecified atom stereocenters. The smallest absolute Gasteiger partial charge is 0.268 e. The average Bonchev–Trinajstić information content (AvgIpc) is 2.95. The molecule has 0 saturated carbocycles. The molecule has 0 aromatic heterocycles. The summed E-state index contributed by atoms with van der Waals surface area (Å²) in [5, 5.41) is 2.81. The minimum atomic E-state index is -4.71. The maximum Gasteiger partial charge on any atom is 0.377 e. The molecule has 0 atom stereocenters. The van der Waals surface area contributed by atoms with Gasteiger partial charge in [0.25, 0.3) is 5.56 Å². The Bertz CT molecular complexity index is 1190. The van der Waals surface area contributed by atoms with E-state index in [4.69, 9.17) is 0 Å². The number of nitrogens with zero attached hydrogens (tertiary/aromatic N) is 2. The zero-order valence-electron chi connectivity index (χ0n) is 12.2. The summed E-state index contributed by atoms with van der Waals surface area (Å²) in [4.78, 5) is 16.6. The quantitative estimate of drug-likeness (QED) is 0.544. The van der Waals surface area contributed by atoms with Crippen LogP contribution in [0.4, 0.5) is 0 Å². The maximum atomic E-state index is 12.3. The summed E-state index contributed by atoms with van der Waals surface area (Å²) in [5.41, 5.74) is 1.05. The minimum Gasteiger partial charge on any atom is -0.268 e. The van der Waals surface area contributed by atoms with E-state index >= 15 is 0 Å². The molecule has 0 bridgehead atoms. The summed E-state index contributed by atoms with van der Waals surface area (Å²) in [6.45, 7) is 0. The van der Waals surface area contributed by atoms with Crippen LogP contribution in [0.1, 0.15) is 0 Å². The molecule has 0 aliphatic carbocycles. The Balaban J connectivity index is 2.30. The molecule has 0 spiro atoms. The van der Waals surface area contributed by atoms with Crippen molar-refractivity contribution in [3.05, 3.63) is 65.0 Å². The van der Waals surface area contributed by atoms with Gasteiger partial charge in [-0.1, -0.05) is 48.5 Å². The number of aromatic nitrogens is 3. The van der Waals surface area contributed by atoms with Crippen molar-refractivity contribution in [3.63, 3.8) is 0 Å². The Labute approximate surface area is 136 Å². The fourth-order valence-corrected chi connectivity index (χ4v) is 3.45. The summed E-state index contributed by atoms with van der Waals surface area (Å²) >= 11 is 0. The van der Waals surface area contributed by atoms with Gasteiger partial charge in [0, 0.05) is 16.5 Å². The van der Waals surface area contributed by atoms with E-state index in [1.165, 1.54) is 0 Å². The van der Waals surface area contributed by atoms with E-state index in [2.05, 4.69) is 10.1 Å². The molecule has 7 nitrogen and oxygen atoms in total. The van der Waals surface area contributed by atoms with Crippen LogP contribution in [0.5, 0.6) is 0 Å². The van der Waals surface area contributed by atoms with Crippen LogP contribution in [0.3, 0.4) is 0 Å². The SMILES string of the molecule is O=c1[nH]n(S(=O)(=O)O)c(-c2ccccc2)c2c3ccccc3nc1-2. The molecule has 0 fully saturated rings. The predicted molar refractivity (Wildman–Crippen MR) is 89.4 cm³/mol. The Morgan fingerprint density at radius 1 is 1.00 bits per heavy atom. The fraction of sp³-hybridized carbons (Fsp3) is 0. The normalized spacial score (nSPS) is 12.0. The second-order valence-electron chi connectivity index (χ2n) is 5.25. The Morgan fingerprint density at radius 2 is 1.67 bits per heavy atom. The third-order valence-electron chi connectivity index (χ3n) is 3.78. The highest BCUT2D eigenvalue weighted by molar-refractivity contribution is 7.84. The minimum absolute atomic E-state index is 0.120. The number of para-hydroxylation sites is 1. The van der Waals surface area contributed by atoms with Crippen molar-refractivity contribution < 1.29 is 13.0 Å². The van der Waals surface area contributed by atoms with E-state index < -0.39 is 15.9 Å². The number of rotatable bonds is 2. The number of aromatic amines is 1. The molecule has 24 heavy (non-hydrogen) atoms. The van der Waals surface area contributed by atoms with Gasteiger partial charge in [0.1, 0.15) is 5.69 Å². The molecule has 4 rings (SSSR count). The maximum absolute atomic E-state index is 12.3. The zero-order chi connectivity index (χ0) is 16.9. The van der Waals surface area contributed by atoms with Crippen LogP contribution in [0.2, 0.25) is 0 Å². The number of nitrogens with one attached hydrogen (secondary N) is 1. The zero-order valence-corrected chi connectivity index (χ0v) is 13.0. The average molecular weight is 341 g/mol. The number of hydrogen-bond donors (Lipinski definition) is 2. The molecule has 2 aliphatic rings. The molecule has 0 radical (unpaired) electrons. The van der Waals surface area contributed by atoms with Crippen LogP contribution < -0.4 is 5.56 Å². The lowest BCUT2D eigenvalue weighted by Gasteiger charge is -2.14. The van der Waals surface area contributed by atoms with Crippen LogP contribution >= 0.6 is 0 Å². The van der Waals surface area contributed by atoms with Gasteiger partial charge in [-0.15, -0.1) is 0 Å². The van der Waals surface area contributed by atoms with Crippen LogP contribution in [-0.4, -0.2) is 27.1 Å². The molecule has 8 heteroatoms. The van der Waals surface area contributed by atoms with E-state index in [1.807, 2.05) is 0 Å². The summed E-state index contributed by atoms with van der Waals surface area (Å²) in [6, 6.07) is 15.7. The topological polar surface area (TPSA) is 105 Å². The molecular weight excluding hydrogens is 330 g/mol. The molecule has 2 aliphatic heterocycles. The fourth-order valence-electron chi connectivity index (χ4n) is 2.82. The molecular formula is C16H11N3O4S. The molecule has 120 valence electrons. The summed E-state index contributed by atoms with van der Waals surface area (Å²) in [6.07, 6.45) is 0. The lowest BCUT2D eigenvalue weighted by molar-refractivity contribution is 0.464. The molecule has 2 N–H and O–H groups in total. The van der Waals surface area contributed by atoms with Crippen molar-refractivity contribution in [2.45, 2.75) is 0 Å². The largest absolute Gasteiger partial charge is 0.377 e. The van der Waals surface area contributed by atoms with Crippen molar-refractivity contribution in [2.24, 2.45) is 0 Å². The number of fused-ring (bicyclic) bond motifs is 3. The highest BCUT2D eigenvalue weighted by Gasteiger charge is 2.27. The van der Waals surface area contributed by atoms with Gasteiger partial charge in [-0.3, -0.25) is 9.35 Å². The van der Waals surface area contributed by atoms with Gasteiger partial charge in [0.15, 0.2) is 0 Å². The van der Waals surface area contributed by atoms with E-state index in [0.29, 0.717) is 26.1 Å². The predicted octanol–water partition coefficient (Wildman–Crippen LogP) is 2.15. The Kier molecular flexibility index (Phi) is 3.05. The first kappa shape index (κ1) is 14.6. The summed E-state index contributed by atoms with van der Waals surface area (Å²) in [7, 11) is -4.71. The molecule has 0 saturated heterocycles. The second kappa shape index (κ2) is 5.02. The van der Waals surface area contributed by atoms with E-state index in [1.54, 1.807) is 54.6 Å². The second-order valence-corrected chi connectivity index (χ2v) is 6.51. The molecule has 2 aromatic rings. The monoisotopic (exact) mass is 341 g/mol. The number of H-pyrrole nitrogens is 1.